The predicted molar refractivity (Wildman–Crippen MR) is 95.2 cm³/mol. The molecule has 24 heavy (non-hydrogen) atoms. The van der Waals surface area contributed by atoms with Gasteiger partial charge in [0.15, 0.2) is 0 Å². The van der Waals surface area contributed by atoms with Crippen LogP contribution in [0.1, 0.15) is 28.8 Å². The van der Waals surface area contributed by atoms with E-state index in [2.05, 4.69) is 34.5 Å². The van der Waals surface area contributed by atoms with Crippen molar-refractivity contribution in [3.05, 3.63) is 65.7 Å². The Morgan fingerprint density at radius 1 is 1.17 bits per heavy atom. The quantitative estimate of drug-likeness (QED) is 0.919. The first kappa shape index (κ1) is 16.5. The largest absolute Gasteiger partial charge is 0.496 e. The maximum atomic E-state index is 12.5. The van der Waals surface area contributed by atoms with Crippen LogP contribution >= 0.6 is 0 Å². The van der Waals surface area contributed by atoms with Gasteiger partial charge >= 0.3 is 0 Å². The van der Waals surface area contributed by atoms with E-state index in [0.717, 1.165) is 32.5 Å². The van der Waals surface area contributed by atoms with E-state index in [9.17, 15) is 4.79 Å². The second-order valence-corrected chi connectivity index (χ2v) is 6.23. The van der Waals surface area contributed by atoms with Crippen molar-refractivity contribution in [3.63, 3.8) is 0 Å². The normalized spacial score (nSPS) is 18.1. The first-order chi connectivity index (χ1) is 11.8. The van der Waals surface area contributed by atoms with Gasteiger partial charge in [-0.15, -0.1) is 0 Å². The van der Waals surface area contributed by atoms with Gasteiger partial charge in [0.2, 0.25) is 0 Å². The molecule has 2 aromatic carbocycles. The smallest absolute Gasteiger partial charge is 0.255 e. The van der Waals surface area contributed by atoms with Crippen molar-refractivity contribution in [1.29, 1.82) is 0 Å². The Morgan fingerprint density at radius 2 is 1.92 bits per heavy atom. The predicted octanol–water partition coefficient (Wildman–Crippen LogP) is 3.09. The van der Waals surface area contributed by atoms with E-state index < -0.39 is 0 Å². The van der Waals surface area contributed by atoms with Crippen molar-refractivity contribution in [2.45, 2.75) is 25.4 Å². The Labute approximate surface area is 143 Å². The molecule has 0 saturated carbocycles. The van der Waals surface area contributed by atoms with Crippen LogP contribution in [-0.2, 0) is 6.54 Å². The lowest BCUT2D eigenvalue weighted by Crippen LogP contribution is -2.47. The molecule has 0 aromatic heterocycles. The minimum atomic E-state index is -0.0565. The van der Waals surface area contributed by atoms with Crippen LogP contribution in [0.3, 0.4) is 0 Å². The highest BCUT2D eigenvalue weighted by Crippen LogP contribution is 2.19. The lowest BCUT2D eigenvalue weighted by molar-refractivity contribution is 0.0898. The number of rotatable bonds is 5. The van der Waals surface area contributed by atoms with Crippen molar-refractivity contribution >= 4 is 5.91 Å². The molecule has 1 atom stereocenters. The topological polar surface area (TPSA) is 41.6 Å². The maximum absolute atomic E-state index is 12.5. The van der Waals surface area contributed by atoms with E-state index in [4.69, 9.17) is 4.74 Å². The van der Waals surface area contributed by atoms with Crippen LogP contribution < -0.4 is 10.1 Å². The summed E-state index contributed by atoms with van der Waals surface area (Å²) in [6.45, 7) is 2.90. The SMILES string of the molecule is COc1ccccc1C(=O)N[C@H]1CCCN(Cc2ccccc2)C1. The number of para-hydroxylation sites is 1. The van der Waals surface area contributed by atoms with Gasteiger partial charge in [-0.25, -0.2) is 0 Å². The highest BCUT2D eigenvalue weighted by atomic mass is 16.5. The third kappa shape index (κ3) is 4.15. The summed E-state index contributed by atoms with van der Waals surface area (Å²) < 4.78 is 5.28. The molecule has 0 radical (unpaired) electrons. The van der Waals surface area contributed by atoms with Crippen LogP contribution in [0, 0.1) is 0 Å². The van der Waals surface area contributed by atoms with Gasteiger partial charge in [0.25, 0.3) is 5.91 Å². The molecule has 0 bridgehead atoms. The van der Waals surface area contributed by atoms with Crippen LogP contribution in [0.4, 0.5) is 0 Å². The van der Waals surface area contributed by atoms with Crippen LogP contribution in [0.2, 0.25) is 0 Å². The molecule has 1 amide bonds. The van der Waals surface area contributed by atoms with Gasteiger partial charge in [-0.3, -0.25) is 9.69 Å². The maximum Gasteiger partial charge on any atom is 0.255 e. The zero-order valence-electron chi connectivity index (χ0n) is 14.1. The Morgan fingerprint density at radius 3 is 2.71 bits per heavy atom. The molecule has 2 aromatic rings. The molecule has 1 N–H and O–H groups in total. The molecular weight excluding hydrogens is 300 g/mol. The number of benzene rings is 2. The standard InChI is InChI=1S/C20H24N2O2/c1-24-19-12-6-5-11-18(19)20(23)21-17-10-7-13-22(15-17)14-16-8-3-2-4-9-16/h2-6,8-9,11-12,17H,7,10,13-15H2,1H3,(H,21,23)/t17-/m0/s1. The number of ether oxygens (including phenoxy) is 1. The summed E-state index contributed by atoms with van der Waals surface area (Å²) >= 11 is 0. The molecule has 1 heterocycles. The summed E-state index contributed by atoms with van der Waals surface area (Å²) in [6, 6.07) is 18.0. The Balaban J connectivity index is 1.60. The number of amides is 1. The van der Waals surface area contributed by atoms with Gasteiger partial charge in [0.05, 0.1) is 12.7 Å². The molecule has 126 valence electrons. The van der Waals surface area contributed by atoms with Gasteiger partial charge in [0, 0.05) is 19.1 Å². The number of carbonyl (C=O) groups excluding carboxylic acids is 1. The van der Waals surface area contributed by atoms with E-state index in [0.29, 0.717) is 11.3 Å². The van der Waals surface area contributed by atoms with Crippen molar-refractivity contribution < 1.29 is 9.53 Å². The van der Waals surface area contributed by atoms with Crippen LogP contribution in [0.15, 0.2) is 54.6 Å². The van der Waals surface area contributed by atoms with E-state index in [1.165, 1.54) is 5.56 Å². The molecule has 3 rings (SSSR count). The number of methoxy groups -OCH3 is 1. The summed E-state index contributed by atoms with van der Waals surface area (Å²) in [5, 5.41) is 3.17. The molecule has 0 aliphatic carbocycles. The number of nitrogens with zero attached hydrogens (tertiary/aromatic N) is 1. The van der Waals surface area contributed by atoms with Crippen molar-refractivity contribution in [3.8, 4) is 5.75 Å². The minimum Gasteiger partial charge on any atom is -0.496 e. The fourth-order valence-corrected chi connectivity index (χ4v) is 3.25. The number of likely N-dealkylation sites (tertiary alicyclic amines) is 1. The van der Waals surface area contributed by atoms with Gasteiger partial charge < -0.3 is 10.1 Å². The van der Waals surface area contributed by atoms with Gasteiger partial charge in [-0.2, -0.15) is 0 Å². The van der Waals surface area contributed by atoms with E-state index in [1.807, 2.05) is 24.3 Å². The van der Waals surface area contributed by atoms with Crippen LogP contribution in [0.5, 0.6) is 5.75 Å². The molecule has 1 fully saturated rings. The third-order valence-corrected chi connectivity index (χ3v) is 4.44. The summed E-state index contributed by atoms with van der Waals surface area (Å²) in [5.74, 6) is 0.561. The first-order valence-corrected chi connectivity index (χ1v) is 8.46. The van der Waals surface area contributed by atoms with Gasteiger partial charge in [0.1, 0.15) is 5.75 Å². The van der Waals surface area contributed by atoms with E-state index >= 15 is 0 Å². The minimum absolute atomic E-state index is 0.0565. The zero-order valence-corrected chi connectivity index (χ0v) is 14.1. The molecule has 1 aliphatic rings. The van der Waals surface area contributed by atoms with Crippen molar-refractivity contribution in [1.82, 2.24) is 10.2 Å². The zero-order chi connectivity index (χ0) is 16.8. The Bertz CT molecular complexity index is 672. The molecule has 4 nitrogen and oxygen atoms in total. The Hall–Kier alpha value is -2.33. The highest BCUT2D eigenvalue weighted by molar-refractivity contribution is 5.97. The summed E-state index contributed by atoms with van der Waals surface area (Å²) in [4.78, 5) is 15.0. The fourth-order valence-electron chi connectivity index (χ4n) is 3.25. The average Bonchev–Trinajstić information content (AvgIpc) is 2.63. The van der Waals surface area contributed by atoms with Crippen LogP contribution in [-0.4, -0.2) is 37.0 Å². The lowest BCUT2D eigenvalue weighted by atomic mass is 10.0. The van der Waals surface area contributed by atoms with Crippen molar-refractivity contribution in [2.24, 2.45) is 0 Å². The van der Waals surface area contributed by atoms with Gasteiger partial charge in [-0.1, -0.05) is 42.5 Å². The van der Waals surface area contributed by atoms with Crippen molar-refractivity contribution in [2.75, 3.05) is 20.2 Å². The number of carbonyl (C=O) groups is 1. The number of piperidine rings is 1. The molecular formula is C20H24N2O2. The summed E-state index contributed by atoms with van der Waals surface area (Å²) in [6.07, 6.45) is 2.12. The lowest BCUT2D eigenvalue weighted by Gasteiger charge is -2.33. The number of nitrogens with one attached hydrogen (secondary N) is 1. The second-order valence-electron chi connectivity index (χ2n) is 6.23. The second kappa shape index (κ2) is 7.97. The molecule has 0 unspecified atom stereocenters. The van der Waals surface area contributed by atoms with Gasteiger partial charge in [-0.05, 0) is 37.1 Å². The summed E-state index contributed by atoms with van der Waals surface area (Å²) in [7, 11) is 1.59. The number of hydrogen-bond donors (Lipinski definition) is 1. The van der Waals surface area contributed by atoms with E-state index in [1.54, 1.807) is 13.2 Å². The number of hydrogen-bond acceptors (Lipinski definition) is 3. The average molecular weight is 324 g/mol. The molecule has 1 aliphatic heterocycles. The molecule has 0 spiro atoms. The highest BCUT2D eigenvalue weighted by Gasteiger charge is 2.22. The molecule has 1 saturated heterocycles. The third-order valence-electron chi connectivity index (χ3n) is 4.44. The fraction of sp³-hybridized carbons (Fsp3) is 0.350. The molecule has 4 heteroatoms. The van der Waals surface area contributed by atoms with Crippen LogP contribution in [0.25, 0.3) is 0 Å². The van der Waals surface area contributed by atoms with E-state index in [-0.39, 0.29) is 11.9 Å². The summed E-state index contributed by atoms with van der Waals surface area (Å²) in [5.41, 5.74) is 1.91. The Kier molecular flexibility index (Phi) is 5.49. The monoisotopic (exact) mass is 324 g/mol. The first-order valence-electron chi connectivity index (χ1n) is 8.46.